The van der Waals surface area contributed by atoms with E-state index in [-0.39, 0.29) is 0 Å². The first-order valence-electron chi connectivity index (χ1n) is 4.36. The second-order valence-electron chi connectivity index (χ2n) is 3.05. The van der Waals surface area contributed by atoms with Crippen molar-refractivity contribution in [3.8, 4) is 0 Å². The van der Waals surface area contributed by atoms with E-state index in [2.05, 4.69) is 13.2 Å². The lowest BCUT2D eigenvalue weighted by atomic mass is 10.1. The fourth-order valence-corrected chi connectivity index (χ4v) is 1.15. The Kier molecular flexibility index (Phi) is 3.24. The van der Waals surface area contributed by atoms with Gasteiger partial charge in [-0.15, -0.1) is 0 Å². The average Bonchev–Trinajstić information content (AvgIpc) is 2.20. The van der Waals surface area contributed by atoms with E-state index in [0.29, 0.717) is 0 Å². The van der Waals surface area contributed by atoms with Crippen molar-refractivity contribution in [3.05, 3.63) is 49.2 Å². The van der Waals surface area contributed by atoms with Crippen molar-refractivity contribution in [2.45, 2.75) is 6.92 Å². The molecule has 0 aliphatic carbocycles. The summed E-state index contributed by atoms with van der Waals surface area (Å²) in [5, 5.41) is 7.15. The van der Waals surface area contributed by atoms with Gasteiger partial charge in [0.15, 0.2) is 0 Å². The Morgan fingerprint density at radius 3 is 2.29 bits per heavy atom. The zero-order valence-corrected chi connectivity index (χ0v) is 8.33. The first-order chi connectivity index (χ1) is 6.69. The van der Waals surface area contributed by atoms with Crippen LogP contribution >= 0.6 is 0 Å². The third-order valence-corrected chi connectivity index (χ3v) is 1.99. The summed E-state index contributed by atoms with van der Waals surface area (Å²) in [5.74, 6) is 0. The molecule has 0 aliphatic rings. The smallest absolute Gasteiger partial charge is 0.0902 e. The second kappa shape index (κ2) is 4.42. The first kappa shape index (κ1) is 10.3. The second-order valence-corrected chi connectivity index (χ2v) is 3.05. The van der Waals surface area contributed by atoms with Gasteiger partial charge in [-0.1, -0.05) is 30.9 Å². The summed E-state index contributed by atoms with van der Waals surface area (Å²) in [7, 11) is 0. The van der Waals surface area contributed by atoms with Gasteiger partial charge in [0.2, 0.25) is 0 Å². The largest absolute Gasteiger partial charge is 0.309 e. The molecule has 2 heteroatoms. The van der Waals surface area contributed by atoms with Crippen LogP contribution in [-0.4, -0.2) is 6.34 Å². The standard InChI is InChI=1S/C12H14N2/c1-4-14(9-13)12-7-5-11(6-8-12)10(2)3/h4-9,13H,1-2H2,3H3. The first-order valence-corrected chi connectivity index (χ1v) is 4.36. The molecule has 14 heavy (non-hydrogen) atoms. The molecule has 0 amide bonds. The predicted octanol–water partition coefficient (Wildman–Crippen LogP) is 3.28. The number of nitrogens with zero attached hydrogens (tertiary/aromatic N) is 1. The lowest BCUT2D eigenvalue weighted by molar-refractivity contribution is 1.34. The summed E-state index contributed by atoms with van der Waals surface area (Å²) in [6.07, 6.45) is 2.82. The Hall–Kier alpha value is -1.83. The maximum absolute atomic E-state index is 7.15. The normalized spacial score (nSPS) is 9.21. The Labute approximate surface area is 84.7 Å². The molecule has 0 fully saturated rings. The maximum atomic E-state index is 7.15. The topological polar surface area (TPSA) is 27.1 Å². The number of rotatable bonds is 4. The van der Waals surface area contributed by atoms with Crippen molar-refractivity contribution in [3.63, 3.8) is 0 Å². The number of allylic oxidation sites excluding steroid dienone is 1. The molecule has 0 bridgehead atoms. The van der Waals surface area contributed by atoms with Crippen molar-refractivity contribution >= 4 is 17.6 Å². The Morgan fingerprint density at radius 2 is 1.93 bits per heavy atom. The molecular formula is C12H14N2. The lowest BCUT2D eigenvalue weighted by Crippen LogP contribution is -2.11. The van der Waals surface area contributed by atoms with Crippen LogP contribution in [0.1, 0.15) is 12.5 Å². The van der Waals surface area contributed by atoms with Crippen molar-refractivity contribution in [2.24, 2.45) is 0 Å². The molecule has 2 nitrogen and oxygen atoms in total. The molecular weight excluding hydrogens is 172 g/mol. The summed E-state index contributed by atoms with van der Waals surface area (Å²) in [6, 6.07) is 7.85. The molecule has 0 unspecified atom stereocenters. The van der Waals surface area contributed by atoms with Gasteiger partial charge in [-0.3, -0.25) is 5.41 Å². The highest BCUT2D eigenvalue weighted by molar-refractivity contribution is 5.79. The molecule has 0 spiro atoms. The summed E-state index contributed by atoms with van der Waals surface area (Å²) in [6.45, 7) is 9.45. The molecule has 1 rings (SSSR count). The van der Waals surface area contributed by atoms with Crippen LogP contribution in [0.25, 0.3) is 5.57 Å². The Bertz CT molecular complexity index is 341. The molecule has 0 saturated carbocycles. The van der Waals surface area contributed by atoms with Crippen LogP contribution < -0.4 is 4.90 Å². The summed E-state index contributed by atoms with van der Waals surface area (Å²) in [4.78, 5) is 1.64. The molecule has 72 valence electrons. The van der Waals surface area contributed by atoms with Crippen molar-refractivity contribution in [2.75, 3.05) is 4.90 Å². The molecule has 0 aliphatic heterocycles. The minimum Gasteiger partial charge on any atom is -0.309 e. The molecule has 0 atom stereocenters. The van der Waals surface area contributed by atoms with Gasteiger partial charge in [0.25, 0.3) is 0 Å². The van der Waals surface area contributed by atoms with Crippen molar-refractivity contribution < 1.29 is 0 Å². The van der Waals surface area contributed by atoms with E-state index < -0.39 is 0 Å². The van der Waals surface area contributed by atoms with Gasteiger partial charge < -0.3 is 4.90 Å². The lowest BCUT2D eigenvalue weighted by Gasteiger charge is -2.13. The molecule has 0 aromatic heterocycles. The quantitative estimate of drug-likeness (QED) is 0.567. The van der Waals surface area contributed by atoms with Gasteiger partial charge in [-0.2, -0.15) is 0 Å². The van der Waals surface area contributed by atoms with Crippen LogP contribution in [0.2, 0.25) is 0 Å². The Morgan fingerprint density at radius 1 is 1.36 bits per heavy atom. The van der Waals surface area contributed by atoms with Crippen LogP contribution in [-0.2, 0) is 0 Å². The summed E-state index contributed by atoms with van der Waals surface area (Å²) < 4.78 is 0. The van der Waals surface area contributed by atoms with E-state index in [1.165, 1.54) is 6.34 Å². The molecule has 1 N–H and O–H groups in total. The highest BCUT2D eigenvalue weighted by Gasteiger charge is 1.98. The SMILES string of the molecule is C=CN(C=N)c1ccc(C(=C)C)cc1. The van der Waals surface area contributed by atoms with Crippen LogP contribution in [0.3, 0.4) is 0 Å². The molecule has 0 radical (unpaired) electrons. The fraction of sp³-hybridized carbons (Fsp3) is 0.0833. The van der Waals surface area contributed by atoms with E-state index in [0.717, 1.165) is 16.8 Å². The summed E-state index contributed by atoms with van der Waals surface area (Å²) in [5.41, 5.74) is 3.08. The van der Waals surface area contributed by atoms with Gasteiger partial charge in [-0.05, 0) is 24.6 Å². The molecule has 0 saturated heterocycles. The molecule has 1 aromatic carbocycles. The van der Waals surface area contributed by atoms with Crippen LogP contribution in [0.5, 0.6) is 0 Å². The Balaban J connectivity index is 2.98. The minimum atomic E-state index is 0.931. The fourth-order valence-electron chi connectivity index (χ4n) is 1.15. The van der Waals surface area contributed by atoms with Gasteiger partial charge in [-0.25, -0.2) is 0 Å². The highest BCUT2D eigenvalue weighted by Crippen LogP contribution is 2.17. The van der Waals surface area contributed by atoms with Gasteiger partial charge in [0.05, 0.1) is 6.34 Å². The third kappa shape index (κ3) is 2.10. The average molecular weight is 186 g/mol. The van der Waals surface area contributed by atoms with E-state index in [1.807, 2.05) is 31.2 Å². The van der Waals surface area contributed by atoms with E-state index in [1.54, 1.807) is 11.1 Å². The van der Waals surface area contributed by atoms with E-state index in [4.69, 9.17) is 5.41 Å². The van der Waals surface area contributed by atoms with Crippen LogP contribution in [0.4, 0.5) is 5.69 Å². The van der Waals surface area contributed by atoms with Gasteiger partial charge in [0, 0.05) is 11.9 Å². The zero-order chi connectivity index (χ0) is 10.6. The van der Waals surface area contributed by atoms with Gasteiger partial charge in [0.1, 0.15) is 0 Å². The molecule has 0 heterocycles. The number of nitrogens with one attached hydrogen (secondary N) is 1. The zero-order valence-electron chi connectivity index (χ0n) is 8.33. The van der Waals surface area contributed by atoms with Gasteiger partial charge >= 0.3 is 0 Å². The third-order valence-electron chi connectivity index (χ3n) is 1.99. The van der Waals surface area contributed by atoms with Crippen molar-refractivity contribution in [1.29, 1.82) is 5.41 Å². The van der Waals surface area contributed by atoms with E-state index >= 15 is 0 Å². The number of hydrogen-bond acceptors (Lipinski definition) is 1. The predicted molar refractivity (Wildman–Crippen MR) is 62.6 cm³/mol. The van der Waals surface area contributed by atoms with Crippen molar-refractivity contribution in [1.82, 2.24) is 0 Å². The molecule has 1 aromatic rings. The van der Waals surface area contributed by atoms with Crippen LogP contribution in [0, 0.1) is 5.41 Å². The number of hydrogen-bond donors (Lipinski definition) is 1. The summed E-state index contributed by atoms with van der Waals surface area (Å²) >= 11 is 0. The minimum absolute atomic E-state index is 0.931. The monoisotopic (exact) mass is 186 g/mol. The number of benzene rings is 1. The number of anilines is 1. The maximum Gasteiger partial charge on any atom is 0.0902 e. The van der Waals surface area contributed by atoms with Crippen LogP contribution in [0.15, 0.2) is 43.6 Å². The van der Waals surface area contributed by atoms with E-state index in [9.17, 15) is 0 Å². The highest BCUT2D eigenvalue weighted by atomic mass is 15.1.